The highest BCUT2D eigenvalue weighted by Gasteiger charge is 2.51. The molecular weight excluding hydrogens is 608 g/mol. The molecule has 4 aromatic rings. The van der Waals surface area contributed by atoms with E-state index >= 15 is 0 Å². The third-order valence-corrected chi connectivity index (χ3v) is 11.0. The SMILES string of the molecule is CC1C(CN2CC3(C)CC2CC(C)(C)C3)OC(c2ccc(-c3ccccc3CNC(=O)c3ccccc3)cc2)OC1c1ccc(CO)cc1. The fourth-order valence-corrected chi connectivity index (χ4v) is 8.99. The zero-order valence-corrected chi connectivity index (χ0v) is 29.3. The van der Waals surface area contributed by atoms with Crippen LogP contribution in [-0.4, -0.2) is 41.1 Å². The second-order valence-corrected chi connectivity index (χ2v) is 15.8. The smallest absolute Gasteiger partial charge is 0.251 e. The number of rotatable bonds is 9. The standard InChI is InChI=1S/C43H50N2O4/c1-29-38(25-45-28-43(4)23-36(45)22-42(2,3)27-43)48-41(49-39(29)32-16-14-30(26-46)15-17-32)34-20-18-31(19-21-34)37-13-9-8-12-35(37)24-44-40(47)33-10-6-5-7-11-33/h5-21,29,36,38-39,41,46H,22-28H2,1-4H3,(H,44,47). The topological polar surface area (TPSA) is 71.0 Å². The first kappa shape index (κ1) is 33.7. The highest BCUT2D eigenvalue weighted by Crippen LogP contribution is 2.53. The van der Waals surface area contributed by atoms with Crippen LogP contribution in [0.5, 0.6) is 0 Å². The molecule has 2 saturated heterocycles. The molecule has 6 nitrogen and oxygen atoms in total. The molecule has 6 atom stereocenters. The maximum absolute atomic E-state index is 12.8. The maximum atomic E-state index is 12.8. The van der Waals surface area contributed by atoms with E-state index in [4.69, 9.17) is 9.47 Å². The lowest BCUT2D eigenvalue weighted by atomic mass is 9.65. The number of carbonyl (C=O) groups excluding carboxylic acids is 1. The molecule has 2 heterocycles. The number of benzene rings is 4. The average Bonchev–Trinajstić information content (AvgIpc) is 3.35. The fraction of sp³-hybridized carbons (Fsp3) is 0.419. The molecule has 49 heavy (non-hydrogen) atoms. The van der Waals surface area contributed by atoms with E-state index in [1.54, 1.807) is 0 Å². The second-order valence-electron chi connectivity index (χ2n) is 15.8. The molecule has 0 aromatic heterocycles. The van der Waals surface area contributed by atoms with Gasteiger partial charge in [-0.2, -0.15) is 0 Å². The van der Waals surface area contributed by atoms with Gasteiger partial charge in [0.2, 0.25) is 0 Å². The number of likely N-dealkylation sites (tertiary alicyclic amines) is 1. The van der Waals surface area contributed by atoms with Crippen molar-refractivity contribution >= 4 is 5.91 Å². The van der Waals surface area contributed by atoms with Gasteiger partial charge in [0.1, 0.15) is 0 Å². The molecule has 1 amide bonds. The van der Waals surface area contributed by atoms with Crippen molar-refractivity contribution in [3.05, 3.63) is 131 Å². The molecule has 0 radical (unpaired) electrons. The summed E-state index contributed by atoms with van der Waals surface area (Å²) in [5, 5.41) is 12.7. The zero-order valence-electron chi connectivity index (χ0n) is 29.3. The molecule has 2 N–H and O–H groups in total. The van der Waals surface area contributed by atoms with Crippen molar-refractivity contribution < 1.29 is 19.4 Å². The predicted molar refractivity (Wildman–Crippen MR) is 194 cm³/mol. The van der Waals surface area contributed by atoms with Gasteiger partial charge in [-0.25, -0.2) is 0 Å². The monoisotopic (exact) mass is 658 g/mol. The Kier molecular flexibility index (Phi) is 9.51. The van der Waals surface area contributed by atoms with Gasteiger partial charge in [-0.05, 0) is 70.0 Å². The Morgan fingerprint density at radius 2 is 1.55 bits per heavy atom. The minimum absolute atomic E-state index is 0.000888. The van der Waals surface area contributed by atoms with Gasteiger partial charge in [0, 0.05) is 42.7 Å². The van der Waals surface area contributed by atoms with Crippen molar-refractivity contribution in [1.29, 1.82) is 0 Å². The van der Waals surface area contributed by atoms with Gasteiger partial charge in [0.25, 0.3) is 5.91 Å². The van der Waals surface area contributed by atoms with Gasteiger partial charge in [-0.1, -0.05) is 119 Å². The molecule has 6 unspecified atom stereocenters. The largest absolute Gasteiger partial charge is 0.392 e. The van der Waals surface area contributed by atoms with E-state index in [9.17, 15) is 9.90 Å². The zero-order chi connectivity index (χ0) is 34.2. The van der Waals surface area contributed by atoms with Crippen LogP contribution >= 0.6 is 0 Å². The third-order valence-electron chi connectivity index (χ3n) is 11.0. The number of amides is 1. The van der Waals surface area contributed by atoms with Crippen LogP contribution in [-0.2, 0) is 22.6 Å². The van der Waals surface area contributed by atoms with Crippen LogP contribution in [0.15, 0.2) is 103 Å². The Balaban J connectivity index is 1.11. The fourth-order valence-electron chi connectivity index (χ4n) is 8.99. The number of nitrogens with one attached hydrogen (secondary N) is 1. The van der Waals surface area contributed by atoms with Crippen molar-refractivity contribution in [3.63, 3.8) is 0 Å². The molecule has 6 heteroatoms. The summed E-state index contributed by atoms with van der Waals surface area (Å²) in [6.45, 7) is 12.1. The molecule has 7 rings (SSSR count). The first-order valence-corrected chi connectivity index (χ1v) is 17.9. The van der Waals surface area contributed by atoms with E-state index in [0.717, 1.165) is 46.5 Å². The van der Waals surface area contributed by atoms with Gasteiger partial charge < -0.3 is 19.9 Å². The molecule has 1 saturated carbocycles. The summed E-state index contributed by atoms with van der Waals surface area (Å²) in [4.78, 5) is 15.5. The number of fused-ring (bicyclic) bond motifs is 2. The number of hydrogen-bond donors (Lipinski definition) is 2. The van der Waals surface area contributed by atoms with E-state index in [2.05, 4.69) is 86.4 Å². The van der Waals surface area contributed by atoms with Crippen LogP contribution in [0.25, 0.3) is 11.1 Å². The number of aliphatic hydroxyl groups excluding tert-OH is 1. The number of hydrogen-bond acceptors (Lipinski definition) is 5. The molecule has 1 aliphatic carbocycles. The highest BCUT2D eigenvalue weighted by atomic mass is 16.7. The molecule has 3 aliphatic rings. The van der Waals surface area contributed by atoms with E-state index in [0.29, 0.717) is 29.0 Å². The second kappa shape index (κ2) is 13.8. The lowest BCUT2D eigenvalue weighted by molar-refractivity contribution is -0.276. The molecule has 2 aliphatic heterocycles. The van der Waals surface area contributed by atoms with Gasteiger partial charge in [-0.15, -0.1) is 0 Å². The van der Waals surface area contributed by atoms with Gasteiger partial charge in [0.15, 0.2) is 6.29 Å². The number of carbonyl (C=O) groups is 1. The van der Waals surface area contributed by atoms with Crippen molar-refractivity contribution in [1.82, 2.24) is 10.2 Å². The van der Waals surface area contributed by atoms with Crippen molar-refractivity contribution in [2.45, 2.75) is 84.6 Å². The molecular formula is C43H50N2O4. The summed E-state index contributed by atoms with van der Waals surface area (Å²) >= 11 is 0. The van der Waals surface area contributed by atoms with Crippen LogP contribution < -0.4 is 5.32 Å². The quantitative estimate of drug-likeness (QED) is 0.189. The van der Waals surface area contributed by atoms with Crippen molar-refractivity contribution in [2.75, 3.05) is 13.1 Å². The summed E-state index contributed by atoms with van der Waals surface area (Å²) < 4.78 is 13.7. The van der Waals surface area contributed by atoms with E-state index in [1.807, 2.05) is 54.6 Å². The predicted octanol–water partition coefficient (Wildman–Crippen LogP) is 8.47. The Morgan fingerprint density at radius 3 is 2.29 bits per heavy atom. The summed E-state index contributed by atoms with van der Waals surface area (Å²) in [7, 11) is 0. The lowest BCUT2D eigenvalue weighted by Gasteiger charge is -2.43. The Morgan fingerprint density at radius 1 is 0.857 bits per heavy atom. The minimum Gasteiger partial charge on any atom is -0.392 e. The van der Waals surface area contributed by atoms with E-state index < -0.39 is 6.29 Å². The molecule has 2 bridgehead atoms. The molecule has 3 fully saturated rings. The number of ether oxygens (including phenoxy) is 2. The number of aliphatic hydroxyl groups is 1. The number of nitrogens with zero attached hydrogens (tertiary/aromatic N) is 1. The Hall–Kier alpha value is -3.81. The average molecular weight is 659 g/mol. The minimum atomic E-state index is -0.507. The normalized spacial score (nSPS) is 27.9. The van der Waals surface area contributed by atoms with Crippen LogP contribution in [0.3, 0.4) is 0 Å². The van der Waals surface area contributed by atoms with E-state index in [1.165, 1.54) is 19.3 Å². The van der Waals surface area contributed by atoms with Crippen LogP contribution in [0.4, 0.5) is 0 Å². The maximum Gasteiger partial charge on any atom is 0.251 e. The summed E-state index contributed by atoms with van der Waals surface area (Å²) in [5.41, 5.74) is 7.57. The third kappa shape index (κ3) is 7.39. The molecule has 4 aromatic carbocycles. The van der Waals surface area contributed by atoms with Crippen molar-refractivity contribution in [3.8, 4) is 11.1 Å². The first-order valence-electron chi connectivity index (χ1n) is 17.9. The van der Waals surface area contributed by atoms with Crippen LogP contribution in [0, 0.1) is 16.7 Å². The Labute approximate surface area is 291 Å². The summed E-state index contributed by atoms with van der Waals surface area (Å²) in [6, 6.07) is 34.8. The molecule has 0 spiro atoms. The summed E-state index contributed by atoms with van der Waals surface area (Å²) in [6.07, 6.45) is 3.12. The van der Waals surface area contributed by atoms with E-state index in [-0.39, 0.29) is 30.6 Å². The molecule has 256 valence electrons. The van der Waals surface area contributed by atoms with Crippen LogP contribution in [0.2, 0.25) is 0 Å². The van der Waals surface area contributed by atoms with Gasteiger partial charge in [0.05, 0.1) is 18.8 Å². The first-order chi connectivity index (χ1) is 23.6. The lowest BCUT2D eigenvalue weighted by Crippen LogP contribution is -2.46. The van der Waals surface area contributed by atoms with Crippen LogP contribution in [0.1, 0.15) is 92.0 Å². The Bertz CT molecular complexity index is 1740. The van der Waals surface area contributed by atoms with Gasteiger partial charge >= 0.3 is 0 Å². The van der Waals surface area contributed by atoms with Gasteiger partial charge in [-0.3, -0.25) is 9.69 Å². The summed E-state index contributed by atoms with van der Waals surface area (Å²) in [5.74, 6) is 0.0617. The van der Waals surface area contributed by atoms with Crippen molar-refractivity contribution in [2.24, 2.45) is 16.7 Å². The highest BCUT2D eigenvalue weighted by molar-refractivity contribution is 5.94.